The van der Waals surface area contributed by atoms with Crippen molar-refractivity contribution in [2.24, 2.45) is 5.92 Å². The number of methoxy groups -OCH3 is 1. The molecule has 0 heterocycles. The Morgan fingerprint density at radius 1 is 1.24 bits per heavy atom. The number of halogens is 1. The lowest BCUT2D eigenvalue weighted by molar-refractivity contribution is 0.354. The summed E-state index contributed by atoms with van der Waals surface area (Å²) in [6.07, 6.45) is 6.01. The third kappa shape index (κ3) is 5.66. The van der Waals surface area contributed by atoms with Crippen LogP contribution in [0.3, 0.4) is 0 Å². The molecule has 0 spiro atoms. The molecule has 1 N–H and O–H groups in total. The molecule has 0 aliphatic rings. The van der Waals surface area contributed by atoms with Gasteiger partial charge in [0.2, 0.25) is 0 Å². The van der Waals surface area contributed by atoms with E-state index in [0.717, 1.165) is 18.5 Å². The maximum Gasteiger partial charge on any atom is 0.165 e. The molecule has 2 nitrogen and oxygen atoms in total. The Kier molecular flexibility index (Phi) is 8.36. The number of ether oxygens (including phenoxy) is 1. The van der Waals surface area contributed by atoms with Gasteiger partial charge < -0.3 is 10.1 Å². The van der Waals surface area contributed by atoms with Crippen LogP contribution < -0.4 is 10.1 Å². The van der Waals surface area contributed by atoms with Crippen LogP contribution in [0.1, 0.15) is 64.5 Å². The first-order valence-corrected chi connectivity index (χ1v) is 8.22. The van der Waals surface area contributed by atoms with Gasteiger partial charge in [-0.25, -0.2) is 4.39 Å². The number of rotatable bonds is 10. The Hall–Kier alpha value is -1.09. The summed E-state index contributed by atoms with van der Waals surface area (Å²) in [4.78, 5) is 0. The van der Waals surface area contributed by atoms with Gasteiger partial charge in [-0.15, -0.1) is 0 Å². The molecule has 120 valence electrons. The maximum absolute atomic E-state index is 13.9. The van der Waals surface area contributed by atoms with Crippen LogP contribution in [0, 0.1) is 11.7 Å². The first-order valence-electron chi connectivity index (χ1n) is 8.22. The second-order valence-electron chi connectivity index (χ2n) is 5.66. The van der Waals surface area contributed by atoms with E-state index in [9.17, 15) is 4.39 Å². The molecule has 0 aliphatic carbocycles. The van der Waals surface area contributed by atoms with E-state index >= 15 is 0 Å². The highest BCUT2D eigenvalue weighted by atomic mass is 19.1. The molecule has 0 aromatic heterocycles. The molecule has 2 atom stereocenters. The van der Waals surface area contributed by atoms with E-state index in [2.05, 4.69) is 26.1 Å². The molecular formula is C18H30FNO. The summed E-state index contributed by atoms with van der Waals surface area (Å²) in [7, 11) is 1.50. The van der Waals surface area contributed by atoms with Crippen molar-refractivity contribution in [2.75, 3.05) is 13.7 Å². The molecule has 0 bridgehead atoms. The van der Waals surface area contributed by atoms with Crippen LogP contribution in [0.15, 0.2) is 18.2 Å². The van der Waals surface area contributed by atoms with E-state index in [0.29, 0.717) is 11.7 Å². The maximum atomic E-state index is 13.9. The van der Waals surface area contributed by atoms with E-state index in [1.165, 1.54) is 32.8 Å². The summed E-state index contributed by atoms with van der Waals surface area (Å²) in [6, 6.07) is 5.53. The van der Waals surface area contributed by atoms with Gasteiger partial charge in [-0.3, -0.25) is 0 Å². The summed E-state index contributed by atoms with van der Waals surface area (Å²) in [5, 5.41) is 3.50. The lowest BCUT2D eigenvalue weighted by atomic mass is 9.89. The molecule has 0 saturated heterocycles. The lowest BCUT2D eigenvalue weighted by Gasteiger charge is -2.24. The van der Waals surface area contributed by atoms with E-state index in [4.69, 9.17) is 4.74 Å². The van der Waals surface area contributed by atoms with Gasteiger partial charge in [-0.05, 0) is 36.6 Å². The molecule has 21 heavy (non-hydrogen) atoms. The first kappa shape index (κ1) is 18.0. The molecule has 1 aromatic rings. The minimum atomic E-state index is -0.278. The van der Waals surface area contributed by atoms with E-state index in [1.807, 2.05) is 6.07 Å². The topological polar surface area (TPSA) is 21.3 Å². The molecule has 0 aliphatic heterocycles. The molecule has 0 radical (unpaired) electrons. The van der Waals surface area contributed by atoms with Gasteiger partial charge >= 0.3 is 0 Å². The number of unbranched alkanes of at least 4 members (excludes halogenated alkanes) is 1. The Labute approximate surface area is 129 Å². The Bertz CT molecular complexity index is 408. The van der Waals surface area contributed by atoms with E-state index in [1.54, 1.807) is 12.1 Å². The molecule has 0 fully saturated rings. The zero-order valence-electron chi connectivity index (χ0n) is 13.9. The van der Waals surface area contributed by atoms with Gasteiger partial charge in [-0.2, -0.15) is 0 Å². The van der Waals surface area contributed by atoms with Crippen LogP contribution in [0.2, 0.25) is 0 Å². The molecule has 2 unspecified atom stereocenters. The van der Waals surface area contributed by atoms with Crippen LogP contribution in [-0.4, -0.2) is 13.7 Å². The van der Waals surface area contributed by atoms with Crippen molar-refractivity contribution in [3.63, 3.8) is 0 Å². The van der Waals surface area contributed by atoms with Crippen molar-refractivity contribution in [3.05, 3.63) is 29.6 Å². The predicted molar refractivity (Wildman–Crippen MR) is 87.3 cm³/mol. The van der Waals surface area contributed by atoms with Gasteiger partial charge in [0.05, 0.1) is 7.11 Å². The third-order valence-electron chi connectivity index (χ3n) is 4.14. The predicted octanol–water partition coefficient (Wildman–Crippen LogP) is 5.09. The van der Waals surface area contributed by atoms with Gasteiger partial charge in [0.1, 0.15) is 0 Å². The molecule has 3 heteroatoms. The van der Waals surface area contributed by atoms with Crippen molar-refractivity contribution in [1.82, 2.24) is 5.32 Å². The van der Waals surface area contributed by atoms with E-state index < -0.39 is 0 Å². The van der Waals surface area contributed by atoms with Crippen LogP contribution in [0.4, 0.5) is 4.39 Å². The molecular weight excluding hydrogens is 265 g/mol. The summed E-state index contributed by atoms with van der Waals surface area (Å²) in [5.74, 6) is 0.727. The Morgan fingerprint density at radius 2 is 2.00 bits per heavy atom. The SMILES string of the molecule is CCCCC(CC)CC(NCC)c1ccc(OC)c(F)c1. The van der Waals surface area contributed by atoms with Crippen LogP contribution in [0.5, 0.6) is 5.75 Å². The molecule has 1 aromatic carbocycles. The van der Waals surface area contributed by atoms with Crippen LogP contribution in [0.25, 0.3) is 0 Å². The summed E-state index contributed by atoms with van der Waals surface area (Å²) < 4.78 is 18.9. The van der Waals surface area contributed by atoms with Crippen LogP contribution >= 0.6 is 0 Å². The standard InChI is InChI=1S/C18H30FNO/c1-5-8-9-14(6-2)12-17(20-7-3)15-10-11-18(21-4)16(19)13-15/h10-11,13-14,17,20H,5-9,12H2,1-4H3. The highest BCUT2D eigenvalue weighted by Crippen LogP contribution is 2.29. The average molecular weight is 295 g/mol. The minimum Gasteiger partial charge on any atom is -0.494 e. The van der Waals surface area contributed by atoms with Gasteiger partial charge in [0.15, 0.2) is 11.6 Å². The van der Waals surface area contributed by atoms with Crippen molar-refractivity contribution >= 4 is 0 Å². The molecule has 0 saturated carbocycles. The third-order valence-corrected chi connectivity index (χ3v) is 4.14. The summed E-state index contributed by atoms with van der Waals surface area (Å²) in [6.45, 7) is 7.47. The Morgan fingerprint density at radius 3 is 2.52 bits per heavy atom. The van der Waals surface area contributed by atoms with Crippen molar-refractivity contribution in [3.8, 4) is 5.75 Å². The normalized spacial score (nSPS) is 14.0. The fourth-order valence-corrected chi connectivity index (χ4v) is 2.80. The van der Waals surface area contributed by atoms with E-state index in [-0.39, 0.29) is 11.9 Å². The Balaban J connectivity index is 2.82. The van der Waals surface area contributed by atoms with Gasteiger partial charge in [0.25, 0.3) is 0 Å². The second-order valence-corrected chi connectivity index (χ2v) is 5.66. The van der Waals surface area contributed by atoms with Crippen molar-refractivity contribution < 1.29 is 9.13 Å². The monoisotopic (exact) mass is 295 g/mol. The highest BCUT2D eigenvalue weighted by molar-refractivity contribution is 5.31. The largest absolute Gasteiger partial charge is 0.494 e. The van der Waals surface area contributed by atoms with Crippen molar-refractivity contribution in [1.29, 1.82) is 0 Å². The fraction of sp³-hybridized carbons (Fsp3) is 0.667. The van der Waals surface area contributed by atoms with Gasteiger partial charge in [-0.1, -0.05) is 52.5 Å². The summed E-state index contributed by atoms with van der Waals surface area (Å²) in [5.41, 5.74) is 1.02. The highest BCUT2D eigenvalue weighted by Gasteiger charge is 2.17. The fourth-order valence-electron chi connectivity index (χ4n) is 2.80. The smallest absolute Gasteiger partial charge is 0.165 e. The molecule has 1 rings (SSSR count). The average Bonchev–Trinajstić information content (AvgIpc) is 2.50. The minimum absolute atomic E-state index is 0.220. The summed E-state index contributed by atoms with van der Waals surface area (Å²) >= 11 is 0. The number of benzene rings is 1. The lowest BCUT2D eigenvalue weighted by Crippen LogP contribution is -2.23. The quantitative estimate of drug-likeness (QED) is 0.649. The number of nitrogens with one attached hydrogen (secondary N) is 1. The van der Waals surface area contributed by atoms with Crippen LogP contribution in [-0.2, 0) is 0 Å². The second kappa shape index (κ2) is 9.78. The number of hydrogen-bond acceptors (Lipinski definition) is 2. The van der Waals surface area contributed by atoms with Crippen molar-refractivity contribution in [2.45, 2.75) is 58.9 Å². The zero-order valence-corrected chi connectivity index (χ0v) is 13.9. The van der Waals surface area contributed by atoms with Gasteiger partial charge in [0, 0.05) is 6.04 Å². The number of hydrogen-bond donors (Lipinski definition) is 1. The zero-order chi connectivity index (χ0) is 15.7. The first-order chi connectivity index (χ1) is 10.2. The molecule has 0 amide bonds.